The van der Waals surface area contributed by atoms with E-state index in [-0.39, 0.29) is 11.6 Å². The van der Waals surface area contributed by atoms with Crippen LogP contribution in [0.2, 0.25) is 0 Å². The van der Waals surface area contributed by atoms with Gasteiger partial charge in [0.15, 0.2) is 0 Å². The van der Waals surface area contributed by atoms with Crippen molar-refractivity contribution in [2.24, 2.45) is 0 Å². The Kier molecular flexibility index (Phi) is 6.54. The summed E-state index contributed by atoms with van der Waals surface area (Å²) in [6.07, 6.45) is -2.92. The zero-order chi connectivity index (χ0) is 20.0. The van der Waals surface area contributed by atoms with Crippen molar-refractivity contribution in [2.75, 3.05) is 22.5 Å². The van der Waals surface area contributed by atoms with Crippen molar-refractivity contribution in [3.63, 3.8) is 0 Å². The van der Waals surface area contributed by atoms with E-state index in [4.69, 9.17) is 0 Å². The van der Waals surface area contributed by atoms with Crippen LogP contribution in [0.3, 0.4) is 0 Å². The van der Waals surface area contributed by atoms with E-state index in [0.717, 1.165) is 18.9 Å². The maximum absolute atomic E-state index is 13.3. The molecule has 27 heavy (non-hydrogen) atoms. The number of hydrogen-bond acceptors (Lipinski definition) is 4. The second-order valence-electron chi connectivity index (χ2n) is 5.77. The minimum absolute atomic E-state index is 0.00958. The summed E-state index contributed by atoms with van der Waals surface area (Å²) in [5, 5.41) is 7.64. The van der Waals surface area contributed by atoms with E-state index in [0.29, 0.717) is 30.2 Å². The van der Waals surface area contributed by atoms with Crippen LogP contribution >= 0.6 is 0 Å². The minimum Gasteiger partial charge on any atom is -0.370 e. The Balaban J connectivity index is 2.08. The molecule has 2 rings (SSSR count). The van der Waals surface area contributed by atoms with Gasteiger partial charge in [-0.2, -0.15) is 18.2 Å². The summed E-state index contributed by atoms with van der Waals surface area (Å²) >= 11 is 0. The summed E-state index contributed by atoms with van der Waals surface area (Å²) in [5.41, 5.74) is -1.08. The first-order valence-electron chi connectivity index (χ1n) is 8.23. The molecule has 0 fully saturated rings. The summed E-state index contributed by atoms with van der Waals surface area (Å²) in [7, 11) is 0. The fourth-order valence-corrected chi connectivity index (χ4v) is 2.19. The average Bonchev–Trinajstić information content (AvgIpc) is 2.55. The summed E-state index contributed by atoms with van der Waals surface area (Å²) in [6, 6.07) is 3.04. The van der Waals surface area contributed by atoms with Crippen molar-refractivity contribution >= 4 is 23.5 Å². The van der Waals surface area contributed by atoms with Gasteiger partial charge in [-0.15, -0.1) is 0 Å². The number of benzene rings is 1. The molecular formula is C17H19F4N5O. The number of halogens is 4. The van der Waals surface area contributed by atoms with Crippen LogP contribution in [0.25, 0.3) is 0 Å². The number of rotatable bonds is 6. The Morgan fingerprint density at radius 1 is 1.15 bits per heavy atom. The molecule has 0 aliphatic carbocycles. The summed E-state index contributed by atoms with van der Waals surface area (Å²) in [5.74, 6) is -0.907. The number of aromatic nitrogens is 2. The molecule has 0 unspecified atom stereocenters. The molecule has 1 aromatic carbocycles. The van der Waals surface area contributed by atoms with Crippen molar-refractivity contribution in [1.29, 1.82) is 0 Å². The van der Waals surface area contributed by atoms with Crippen molar-refractivity contribution in [3.8, 4) is 0 Å². The quantitative estimate of drug-likeness (QED) is 0.493. The van der Waals surface area contributed by atoms with Crippen LogP contribution in [0.15, 0.2) is 24.3 Å². The second kappa shape index (κ2) is 8.65. The summed E-state index contributed by atoms with van der Waals surface area (Å²) < 4.78 is 51.5. The summed E-state index contributed by atoms with van der Waals surface area (Å²) in [4.78, 5) is 20.2. The molecule has 0 spiro atoms. The van der Waals surface area contributed by atoms with Gasteiger partial charge < -0.3 is 10.6 Å². The number of anilines is 3. The van der Waals surface area contributed by atoms with E-state index in [1.165, 1.54) is 0 Å². The Bertz CT molecular complexity index is 810. The SMILES string of the molecule is CCCCNc1cc(C)nc(NC(=O)Nc2ccc(F)c(C(F)(F)F)c2)n1. The number of carbonyl (C=O) groups is 1. The molecular weight excluding hydrogens is 366 g/mol. The van der Waals surface area contributed by atoms with Crippen molar-refractivity contribution in [3.05, 3.63) is 41.3 Å². The van der Waals surface area contributed by atoms with Crippen molar-refractivity contribution in [1.82, 2.24) is 9.97 Å². The van der Waals surface area contributed by atoms with E-state index in [1.54, 1.807) is 13.0 Å². The van der Waals surface area contributed by atoms with Crippen LogP contribution in [0.1, 0.15) is 31.0 Å². The summed E-state index contributed by atoms with van der Waals surface area (Å²) in [6.45, 7) is 4.46. The molecule has 0 radical (unpaired) electrons. The molecule has 6 nitrogen and oxygen atoms in total. The van der Waals surface area contributed by atoms with Gasteiger partial charge in [0.1, 0.15) is 11.6 Å². The lowest BCUT2D eigenvalue weighted by atomic mass is 10.2. The molecule has 1 heterocycles. The van der Waals surface area contributed by atoms with Gasteiger partial charge in [0.05, 0.1) is 5.56 Å². The van der Waals surface area contributed by atoms with Gasteiger partial charge in [-0.1, -0.05) is 13.3 Å². The Morgan fingerprint density at radius 2 is 1.89 bits per heavy atom. The fraction of sp³-hybridized carbons (Fsp3) is 0.353. The van der Waals surface area contributed by atoms with Gasteiger partial charge in [0.2, 0.25) is 5.95 Å². The van der Waals surface area contributed by atoms with E-state index in [2.05, 4.69) is 25.9 Å². The minimum atomic E-state index is -4.86. The maximum Gasteiger partial charge on any atom is 0.419 e. The van der Waals surface area contributed by atoms with Gasteiger partial charge >= 0.3 is 12.2 Å². The first kappa shape index (κ1) is 20.4. The molecule has 0 aliphatic heterocycles. The Morgan fingerprint density at radius 3 is 2.56 bits per heavy atom. The predicted octanol–water partition coefficient (Wildman–Crippen LogP) is 4.80. The monoisotopic (exact) mass is 385 g/mol. The topological polar surface area (TPSA) is 78.9 Å². The molecule has 0 atom stereocenters. The molecule has 2 amide bonds. The molecule has 3 N–H and O–H groups in total. The van der Waals surface area contributed by atoms with Gasteiger partial charge in [0.25, 0.3) is 0 Å². The fourth-order valence-electron chi connectivity index (χ4n) is 2.19. The zero-order valence-corrected chi connectivity index (χ0v) is 14.7. The molecule has 0 saturated carbocycles. The number of nitrogens with zero attached hydrogens (tertiary/aromatic N) is 2. The van der Waals surface area contributed by atoms with Crippen LogP contribution in [0.5, 0.6) is 0 Å². The van der Waals surface area contributed by atoms with Gasteiger partial charge in [0, 0.05) is 24.0 Å². The van der Waals surface area contributed by atoms with E-state index < -0.39 is 23.6 Å². The third kappa shape index (κ3) is 6.08. The number of aryl methyl sites for hydroxylation is 1. The molecule has 2 aromatic rings. The van der Waals surface area contributed by atoms with Gasteiger partial charge in [-0.3, -0.25) is 5.32 Å². The number of carbonyl (C=O) groups excluding carboxylic acids is 1. The number of unbranched alkanes of at least 4 members (excludes halogenated alkanes) is 1. The molecule has 1 aromatic heterocycles. The highest BCUT2D eigenvalue weighted by atomic mass is 19.4. The van der Waals surface area contributed by atoms with Crippen LogP contribution in [0, 0.1) is 12.7 Å². The average molecular weight is 385 g/mol. The normalized spacial score (nSPS) is 11.2. The highest BCUT2D eigenvalue weighted by Crippen LogP contribution is 2.33. The van der Waals surface area contributed by atoms with Crippen molar-refractivity contribution < 1.29 is 22.4 Å². The molecule has 10 heteroatoms. The lowest BCUT2D eigenvalue weighted by Crippen LogP contribution is -2.22. The van der Waals surface area contributed by atoms with E-state index in [1.807, 2.05) is 6.92 Å². The molecule has 0 aliphatic rings. The maximum atomic E-state index is 13.3. The van der Waals surface area contributed by atoms with Gasteiger partial charge in [-0.25, -0.2) is 14.2 Å². The number of alkyl halides is 3. The van der Waals surface area contributed by atoms with E-state index in [9.17, 15) is 22.4 Å². The van der Waals surface area contributed by atoms with Crippen LogP contribution in [-0.4, -0.2) is 22.5 Å². The third-order valence-electron chi connectivity index (χ3n) is 3.45. The predicted molar refractivity (Wildman–Crippen MR) is 94.2 cm³/mol. The Labute approximate surface area is 153 Å². The lowest BCUT2D eigenvalue weighted by Gasteiger charge is -2.12. The van der Waals surface area contributed by atoms with Gasteiger partial charge in [-0.05, 0) is 31.5 Å². The number of urea groups is 1. The van der Waals surface area contributed by atoms with E-state index >= 15 is 0 Å². The Hall–Kier alpha value is -2.91. The third-order valence-corrected chi connectivity index (χ3v) is 3.45. The van der Waals surface area contributed by atoms with Crippen LogP contribution in [-0.2, 0) is 6.18 Å². The molecule has 0 saturated heterocycles. The smallest absolute Gasteiger partial charge is 0.370 e. The highest BCUT2D eigenvalue weighted by molar-refractivity contribution is 5.98. The largest absolute Gasteiger partial charge is 0.419 e. The van der Waals surface area contributed by atoms with Crippen LogP contribution < -0.4 is 16.0 Å². The standard InChI is InChI=1S/C17H19F4N5O/c1-3-4-7-22-14-8-10(2)23-15(25-14)26-16(27)24-11-5-6-13(18)12(9-11)17(19,20)21/h5-6,8-9H,3-4,7H2,1-2H3,(H3,22,23,24,25,26,27). The molecule has 0 bridgehead atoms. The lowest BCUT2D eigenvalue weighted by molar-refractivity contribution is -0.139. The zero-order valence-electron chi connectivity index (χ0n) is 14.7. The first-order valence-corrected chi connectivity index (χ1v) is 8.23. The number of amides is 2. The first-order chi connectivity index (χ1) is 12.7. The number of nitrogens with one attached hydrogen (secondary N) is 3. The highest BCUT2D eigenvalue weighted by Gasteiger charge is 2.34. The molecule has 146 valence electrons. The number of hydrogen-bond donors (Lipinski definition) is 3. The van der Waals surface area contributed by atoms with Crippen molar-refractivity contribution in [2.45, 2.75) is 32.9 Å². The van der Waals surface area contributed by atoms with Crippen LogP contribution in [0.4, 0.5) is 39.8 Å². The second-order valence-corrected chi connectivity index (χ2v) is 5.77.